The average molecular weight is 483 g/mol. The monoisotopic (exact) mass is 482 g/mol. The molecule has 1 amide bonds. The molecule has 0 spiro atoms. The summed E-state index contributed by atoms with van der Waals surface area (Å²) in [5.74, 6) is 0.0896. The van der Waals surface area contributed by atoms with Gasteiger partial charge in [0.25, 0.3) is 0 Å². The van der Waals surface area contributed by atoms with Crippen molar-refractivity contribution in [1.82, 2.24) is 24.8 Å². The number of nitrogens with one attached hydrogen (secondary N) is 1. The summed E-state index contributed by atoms with van der Waals surface area (Å²) in [4.78, 5) is 30.2. The van der Waals surface area contributed by atoms with Crippen LogP contribution in [0.2, 0.25) is 0 Å². The lowest BCUT2D eigenvalue weighted by atomic mass is 10.0. The minimum absolute atomic E-state index is 0.218. The van der Waals surface area contributed by atoms with Crippen molar-refractivity contribution in [2.45, 2.75) is 36.9 Å². The van der Waals surface area contributed by atoms with E-state index < -0.39 is 43.0 Å². The normalized spacial score (nSPS) is 22.5. The van der Waals surface area contributed by atoms with Crippen LogP contribution in [-0.2, 0) is 16.0 Å². The van der Waals surface area contributed by atoms with Crippen LogP contribution in [0.5, 0.6) is 0 Å². The lowest BCUT2D eigenvalue weighted by Crippen LogP contribution is -2.53. The molecule has 3 heterocycles. The van der Waals surface area contributed by atoms with E-state index in [2.05, 4.69) is 30.3 Å². The first-order chi connectivity index (χ1) is 16.8. The van der Waals surface area contributed by atoms with Crippen molar-refractivity contribution in [3.63, 3.8) is 0 Å². The Balaban J connectivity index is 1.48. The van der Waals surface area contributed by atoms with Crippen molar-refractivity contribution in [1.29, 1.82) is 0 Å². The van der Waals surface area contributed by atoms with Gasteiger partial charge in [0.15, 0.2) is 23.2 Å². The molecule has 14 heteroatoms. The van der Waals surface area contributed by atoms with E-state index in [1.54, 1.807) is 33.7 Å². The SMILES string of the molecule is CN(C)c1ncnc2c1ncn2[C@@H]1O[C@H](CO)C(NC(=O)[C@@H](N)Cc2ccc(N=[N+]=[N-])cc2)[C@@H]1O. The number of hydrogen-bond acceptors (Lipinski definition) is 10. The zero-order valence-electron chi connectivity index (χ0n) is 19.1. The highest BCUT2D eigenvalue weighted by molar-refractivity contribution is 5.83. The first kappa shape index (κ1) is 24.3. The van der Waals surface area contributed by atoms with Crippen molar-refractivity contribution in [2.24, 2.45) is 10.8 Å². The number of ether oxygens (including phenoxy) is 1. The molecule has 5 atom stereocenters. The van der Waals surface area contributed by atoms with Gasteiger partial charge < -0.3 is 30.9 Å². The molecule has 0 saturated carbocycles. The highest BCUT2D eigenvalue weighted by Crippen LogP contribution is 2.32. The van der Waals surface area contributed by atoms with Gasteiger partial charge in [0.1, 0.15) is 18.5 Å². The third kappa shape index (κ3) is 4.87. The van der Waals surface area contributed by atoms with Crippen molar-refractivity contribution in [2.75, 3.05) is 25.6 Å². The number of nitrogens with zero attached hydrogens (tertiary/aromatic N) is 8. The maximum Gasteiger partial charge on any atom is 0.237 e. The quantitative estimate of drug-likeness (QED) is 0.196. The van der Waals surface area contributed by atoms with Crippen molar-refractivity contribution < 1.29 is 19.7 Å². The predicted molar refractivity (Wildman–Crippen MR) is 126 cm³/mol. The number of rotatable bonds is 8. The maximum atomic E-state index is 12.8. The molecule has 184 valence electrons. The average Bonchev–Trinajstić information content (AvgIpc) is 3.41. The van der Waals surface area contributed by atoms with Crippen molar-refractivity contribution in [3.05, 3.63) is 52.9 Å². The molecule has 4 rings (SSSR count). The van der Waals surface area contributed by atoms with Crippen LogP contribution < -0.4 is 16.0 Å². The number of carbonyl (C=O) groups is 1. The molecule has 14 nitrogen and oxygen atoms in total. The second-order valence-corrected chi connectivity index (χ2v) is 8.35. The van der Waals surface area contributed by atoms with Gasteiger partial charge in [-0.2, -0.15) is 0 Å². The number of imidazole rings is 1. The molecule has 3 aromatic rings. The molecule has 35 heavy (non-hydrogen) atoms. The number of aliphatic hydroxyl groups excluding tert-OH is 2. The molecule has 1 aromatic carbocycles. The van der Waals surface area contributed by atoms with Gasteiger partial charge in [-0.05, 0) is 17.5 Å². The van der Waals surface area contributed by atoms with E-state index in [0.717, 1.165) is 5.56 Å². The summed E-state index contributed by atoms with van der Waals surface area (Å²) in [6, 6.07) is 4.85. The summed E-state index contributed by atoms with van der Waals surface area (Å²) in [7, 11) is 3.65. The summed E-state index contributed by atoms with van der Waals surface area (Å²) in [5, 5.41) is 27.1. The number of azide groups is 1. The first-order valence-corrected chi connectivity index (χ1v) is 10.8. The molecule has 0 radical (unpaired) electrons. The molecule has 1 aliphatic heterocycles. The van der Waals surface area contributed by atoms with Crippen LogP contribution in [0.3, 0.4) is 0 Å². The van der Waals surface area contributed by atoms with Gasteiger partial charge in [-0.1, -0.05) is 29.4 Å². The number of nitrogens with two attached hydrogens (primary N) is 1. The van der Waals surface area contributed by atoms with E-state index in [-0.39, 0.29) is 6.42 Å². The van der Waals surface area contributed by atoms with Crippen LogP contribution >= 0.6 is 0 Å². The summed E-state index contributed by atoms with van der Waals surface area (Å²) >= 11 is 0. The molecule has 1 fully saturated rings. The second kappa shape index (κ2) is 10.2. The molecule has 1 saturated heterocycles. The Hall–Kier alpha value is -3.81. The number of hydrogen-bond donors (Lipinski definition) is 4. The topological polar surface area (TPSA) is 200 Å². The fourth-order valence-electron chi connectivity index (χ4n) is 4.03. The van der Waals surface area contributed by atoms with E-state index in [1.807, 2.05) is 14.1 Å². The van der Waals surface area contributed by atoms with Gasteiger partial charge in [-0.15, -0.1) is 0 Å². The maximum absolute atomic E-state index is 12.8. The van der Waals surface area contributed by atoms with E-state index in [4.69, 9.17) is 16.0 Å². The number of aliphatic hydroxyl groups is 2. The molecule has 1 aliphatic rings. The van der Waals surface area contributed by atoms with Gasteiger partial charge in [0, 0.05) is 24.7 Å². The van der Waals surface area contributed by atoms with Crippen LogP contribution in [0, 0.1) is 0 Å². The molecular weight excluding hydrogens is 456 g/mol. The van der Waals surface area contributed by atoms with Crippen LogP contribution in [0.4, 0.5) is 11.5 Å². The molecule has 5 N–H and O–H groups in total. The summed E-state index contributed by atoms with van der Waals surface area (Å²) in [6.07, 6.45) is 0.0543. The van der Waals surface area contributed by atoms with Gasteiger partial charge in [0.05, 0.1) is 25.0 Å². The molecule has 2 aromatic heterocycles. The summed E-state index contributed by atoms with van der Waals surface area (Å²) in [5.41, 5.74) is 16.8. The van der Waals surface area contributed by atoms with E-state index in [9.17, 15) is 15.0 Å². The van der Waals surface area contributed by atoms with Gasteiger partial charge in [-0.3, -0.25) is 9.36 Å². The molecule has 0 bridgehead atoms. The van der Waals surface area contributed by atoms with Gasteiger partial charge in [0.2, 0.25) is 5.91 Å². The zero-order chi connectivity index (χ0) is 25.1. The minimum Gasteiger partial charge on any atom is -0.394 e. The number of anilines is 1. The molecule has 0 aliphatic carbocycles. The Morgan fingerprint density at radius 1 is 1.34 bits per heavy atom. The van der Waals surface area contributed by atoms with Crippen LogP contribution in [-0.4, -0.2) is 80.6 Å². The Morgan fingerprint density at radius 2 is 2.09 bits per heavy atom. The summed E-state index contributed by atoms with van der Waals surface area (Å²) in [6.45, 7) is -0.431. The van der Waals surface area contributed by atoms with E-state index in [1.165, 1.54) is 12.7 Å². The standard InChI is InChI=1S/C21H26N10O4/c1-30(2)18-16-19(25-9-24-18)31(10-26-16)21-17(33)15(14(8-32)35-21)27-20(34)13(22)7-11-3-5-12(6-4-11)28-29-23/h3-6,9-10,13-15,17,21,32-33H,7-8,22H2,1-2H3,(H,27,34)/t13-,14+,15?,17-,21+/m0/s1. The lowest BCUT2D eigenvalue weighted by Gasteiger charge is -2.23. The van der Waals surface area contributed by atoms with Crippen LogP contribution in [0.25, 0.3) is 21.6 Å². The Labute approximate surface area is 200 Å². The highest BCUT2D eigenvalue weighted by Gasteiger charge is 2.46. The fraction of sp³-hybridized carbons (Fsp3) is 0.429. The number of benzene rings is 1. The first-order valence-electron chi connectivity index (χ1n) is 10.8. The third-order valence-electron chi connectivity index (χ3n) is 5.79. The number of amides is 1. The predicted octanol–water partition coefficient (Wildman–Crippen LogP) is 0.140. The smallest absolute Gasteiger partial charge is 0.237 e. The van der Waals surface area contributed by atoms with Crippen molar-refractivity contribution >= 4 is 28.6 Å². The van der Waals surface area contributed by atoms with E-state index >= 15 is 0 Å². The third-order valence-corrected chi connectivity index (χ3v) is 5.79. The lowest BCUT2D eigenvalue weighted by molar-refractivity contribution is -0.124. The number of fused-ring (bicyclic) bond motifs is 1. The Kier molecular flexibility index (Phi) is 7.10. The van der Waals surface area contributed by atoms with Crippen LogP contribution in [0.15, 0.2) is 42.0 Å². The fourth-order valence-corrected chi connectivity index (χ4v) is 4.03. The minimum atomic E-state index is -1.21. The highest BCUT2D eigenvalue weighted by atomic mass is 16.5. The summed E-state index contributed by atoms with van der Waals surface area (Å²) < 4.78 is 7.43. The van der Waals surface area contributed by atoms with Crippen LogP contribution in [0.1, 0.15) is 11.8 Å². The Bertz CT molecular complexity index is 1240. The largest absolute Gasteiger partial charge is 0.394 e. The molecular formula is C21H26N10O4. The van der Waals surface area contributed by atoms with Gasteiger partial charge >= 0.3 is 0 Å². The van der Waals surface area contributed by atoms with Gasteiger partial charge in [-0.25, -0.2) is 15.0 Å². The Morgan fingerprint density at radius 3 is 2.74 bits per heavy atom. The molecule has 1 unspecified atom stereocenters. The van der Waals surface area contributed by atoms with E-state index in [0.29, 0.717) is 22.7 Å². The van der Waals surface area contributed by atoms with Crippen molar-refractivity contribution in [3.8, 4) is 0 Å². The zero-order valence-corrected chi connectivity index (χ0v) is 19.1. The number of carbonyl (C=O) groups excluding carboxylic acids is 1. The second-order valence-electron chi connectivity index (χ2n) is 8.35. The number of aromatic nitrogens is 4.